The van der Waals surface area contributed by atoms with Crippen LogP contribution in [0.1, 0.15) is 37.4 Å². The van der Waals surface area contributed by atoms with Crippen LogP contribution in [0.15, 0.2) is 29.1 Å². The van der Waals surface area contributed by atoms with Crippen LogP contribution in [-0.4, -0.2) is 33.2 Å². The minimum atomic E-state index is -0.527. The lowest BCUT2D eigenvalue weighted by Gasteiger charge is -2.19. The molecule has 8 nitrogen and oxygen atoms in total. The zero-order valence-electron chi connectivity index (χ0n) is 18.2. The first-order chi connectivity index (χ1) is 14.8. The first-order valence-electron chi connectivity index (χ1n) is 9.76. The molecule has 164 valence electrons. The molecule has 0 saturated carbocycles. The van der Waals surface area contributed by atoms with E-state index in [2.05, 4.69) is 5.32 Å². The Balaban J connectivity index is 2.44. The SMILES string of the molecule is COc1cc2c(c(OC(C)=O)c1OC)-c1ccc(OC)c(=O)cc1C(NC(C)=O)CC2. The molecule has 0 heterocycles. The van der Waals surface area contributed by atoms with Crippen molar-refractivity contribution < 1.29 is 28.5 Å². The summed E-state index contributed by atoms with van der Waals surface area (Å²) < 4.78 is 21.8. The van der Waals surface area contributed by atoms with Gasteiger partial charge in [-0.15, -0.1) is 0 Å². The van der Waals surface area contributed by atoms with E-state index in [4.69, 9.17) is 18.9 Å². The third-order valence-electron chi connectivity index (χ3n) is 5.14. The number of aryl methyl sites for hydroxylation is 1. The first-order valence-corrected chi connectivity index (χ1v) is 9.76. The summed E-state index contributed by atoms with van der Waals surface area (Å²) in [4.78, 5) is 36.5. The fourth-order valence-corrected chi connectivity index (χ4v) is 3.91. The van der Waals surface area contributed by atoms with Gasteiger partial charge in [-0.05, 0) is 47.7 Å². The van der Waals surface area contributed by atoms with Gasteiger partial charge in [0.2, 0.25) is 17.1 Å². The van der Waals surface area contributed by atoms with Crippen molar-refractivity contribution in [2.24, 2.45) is 0 Å². The molecule has 0 spiro atoms. The normalized spacial score (nSPS) is 14.4. The predicted molar refractivity (Wildman–Crippen MR) is 114 cm³/mol. The van der Waals surface area contributed by atoms with Crippen molar-refractivity contribution in [2.45, 2.75) is 32.7 Å². The Morgan fingerprint density at radius 2 is 1.68 bits per heavy atom. The Morgan fingerprint density at radius 1 is 0.968 bits per heavy atom. The third kappa shape index (κ3) is 4.33. The van der Waals surface area contributed by atoms with Gasteiger partial charge in [0.1, 0.15) is 0 Å². The second-order valence-corrected chi connectivity index (χ2v) is 7.14. The molecule has 3 rings (SSSR count). The molecule has 0 aromatic heterocycles. The summed E-state index contributed by atoms with van der Waals surface area (Å²) in [6, 6.07) is 6.15. The molecule has 0 fully saturated rings. The van der Waals surface area contributed by atoms with Gasteiger partial charge in [-0.25, -0.2) is 0 Å². The van der Waals surface area contributed by atoms with Crippen molar-refractivity contribution in [3.05, 3.63) is 45.6 Å². The molecule has 2 aromatic rings. The highest BCUT2D eigenvalue weighted by atomic mass is 16.6. The van der Waals surface area contributed by atoms with Gasteiger partial charge in [0.25, 0.3) is 0 Å². The quantitative estimate of drug-likeness (QED) is 0.578. The van der Waals surface area contributed by atoms with Gasteiger partial charge in [0.15, 0.2) is 17.2 Å². The van der Waals surface area contributed by atoms with Crippen LogP contribution in [0, 0.1) is 0 Å². The van der Waals surface area contributed by atoms with Gasteiger partial charge in [-0.1, -0.05) is 6.07 Å². The van der Waals surface area contributed by atoms with Crippen LogP contribution in [0.3, 0.4) is 0 Å². The highest BCUT2D eigenvalue weighted by Crippen LogP contribution is 2.50. The standard InChI is InChI=1S/C23H25NO7/c1-12(25)24-17-8-6-14-10-20(29-4)22(30-5)23(31-13(2)26)21(14)15-7-9-19(28-3)18(27)11-16(15)17/h7,9-11,17H,6,8H2,1-5H3,(H,24,25). The number of hydrogen-bond donors (Lipinski definition) is 1. The Kier molecular flexibility index (Phi) is 6.48. The second-order valence-electron chi connectivity index (χ2n) is 7.14. The number of esters is 1. The maximum atomic E-state index is 12.7. The van der Waals surface area contributed by atoms with E-state index < -0.39 is 12.0 Å². The number of nitrogens with one attached hydrogen (secondary N) is 1. The zero-order valence-corrected chi connectivity index (χ0v) is 18.2. The molecular weight excluding hydrogens is 402 g/mol. The van der Waals surface area contributed by atoms with Crippen molar-refractivity contribution in [3.63, 3.8) is 0 Å². The Morgan fingerprint density at radius 3 is 2.26 bits per heavy atom. The molecular formula is C23H25NO7. The monoisotopic (exact) mass is 427 g/mol. The van der Waals surface area contributed by atoms with Crippen molar-refractivity contribution >= 4 is 11.9 Å². The fourth-order valence-electron chi connectivity index (χ4n) is 3.91. The zero-order chi connectivity index (χ0) is 22.7. The molecule has 1 unspecified atom stereocenters. The van der Waals surface area contributed by atoms with Crippen LogP contribution in [-0.2, 0) is 16.0 Å². The summed E-state index contributed by atoms with van der Waals surface area (Å²) in [6.07, 6.45) is 1.07. The highest BCUT2D eigenvalue weighted by molar-refractivity contribution is 5.86. The summed E-state index contributed by atoms with van der Waals surface area (Å²) in [7, 11) is 4.37. The largest absolute Gasteiger partial charge is 0.493 e. The number of rotatable bonds is 5. The molecule has 1 N–H and O–H groups in total. The van der Waals surface area contributed by atoms with Crippen molar-refractivity contribution in [1.29, 1.82) is 0 Å². The van der Waals surface area contributed by atoms with Crippen LogP contribution in [0.25, 0.3) is 11.1 Å². The number of benzene rings is 1. The lowest BCUT2D eigenvalue weighted by Crippen LogP contribution is -2.26. The number of ether oxygens (including phenoxy) is 4. The number of hydrogen-bond acceptors (Lipinski definition) is 7. The van der Waals surface area contributed by atoms with Gasteiger partial charge >= 0.3 is 5.97 Å². The average molecular weight is 427 g/mol. The Bertz CT molecular complexity index is 1090. The van der Waals surface area contributed by atoms with Crippen LogP contribution in [0.2, 0.25) is 0 Å². The highest BCUT2D eigenvalue weighted by Gasteiger charge is 2.30. The number of carbonyl (C=O) groups is 2. The lowest BCUT2D eigenvalue weighted by molar-refractivity contribution is -0.132. The van der Waals surface area contributed by atoms with Gasteiger partial charge in [-0.3, -0.25) is 14.4 Å². The molecule has 1 aliphatic carbocycles. The molecule has 1 aliphatic rings. The van der Waals surface area contributed by atoms with Crippen molar-refractivity contribution in [2.75, 3.05) is 21.3 Å². The van der Waals surface area contributed by atoms with Crippen LogP contribution < -0.4 is 29.7 Å². The summed E-state index contributed by atoms with van der Waals surface area (Å²) in [5.74, 6) is 0.293. The second kappa shape index (κ2) is 9.07. The molecule has 1 amide bonds. The van der Waals surface area contributed by atoms with E-state index in [9.17, 15) is 14.4 Å². The Labute approximate surface area is 180 Å². The smallest absolute Gasteiger partial charge is 0.308 e. The van der Waals surface area contributed by atoms with Crippen molar-refractivity contribution in [1.82, 2.24) is 5.32 Å². The molecule has 0 bridgehead atoms. The lowest BCUT2D eigenvalue weighted by atomic mass is 9.95. The fraction of sp³-hybridized carbons (Fsp3) is 0.348. The number of fused-ring (bicyclic) bond motifs is 3. The minimum absolute atomic E-state index is 0.158. The molecule has 8 heteroatoms. The first kappa shape index (κ1) is 22.1. The summed E-state index contributed by atoms with van der Waals surface area (Å²) in [6.45, 7) is 2.72. The van der Waals surface area contributed by atoms with Gasteiger partial charge in [0, 0.05) is 19.4 Å². The van der Waals surface area contributed by atoms with E-state index in [1.165, 1.54) is 41.2 Å². The number of methoxy groups -OCH3 is 3. The maximum absolute atomic E-state index is 12.7. The van der Waals surface area contributed by atoms with Crippen molar-refractivity contribution in [3.8, 4) is 34.1 Å². The molecule has 2 aromatic carbocycles. The summed E-state index contributed by atoms with van der Waals surface area (Å²) in [5.41, 5.74) is 2.35. The average Bonchev–Trinajstić information content (AvgIpc) is 2.96. The molecule has 1 atom stereocenters. The van der Waals surface area contributed by atoms with Gasteiger partial charge in [0.05, 0.1) is 27.4 Å². The third-order valence-corrected chi connectivity index (χ3v) is 5.14. The van der Waals surface area contributed by atoms with Crippen LogP contribution in [0.4, 0.5) is 0 Å². The van der Waals surface area contributed by atoms with E-state index in [1.54, 1.807) is 12.1 Å². The van der Waals surface area contributed by atoms with E-state index >= 15 is 0 Å². The Hall–Kier alpha value is -3.55. The molecule has 0 radical (unpaired) electrons. The van der Waals surface area contributed by atoms with Crippen LogP contribution >= 0.6 is 0 Å². The number of carbonyl (C=O) groups excluding carboxylic acids is 2. The van der Waals surface area contributed by atoms with Crippen LogP contribution in [0.5, 0.6) is 23.0 Å². The van der Waals surface area contributed by atoms with Gasteiger partial charge < -0.3 is 24.3 Å². The number of amides is 1. The summed E-state index contributed by atoms with van der Waals surface area (Å²) in [5, 5.41) is 2.92. The van der Waals surface area contributed by atoms with E-state index in [1.807, 2.05) is 6.07 Å². The van der Waals surface area contributed by atoms with E-state index in [0.717, 1.165) is 5.56 Å². The predicted octanol–water partition coefficient (Wildman–Crippen LogP) is 2.79. The van der Waals surface area contributed by atoms with E-state index in [0.29, 0.717) is 35.3 Å². The van der Waals surface area contributed by atoms with E-state index in [-0.39, 0.29) is 28.6 Å². The summed E-state index contributed by atoms with van der Waals surface area (Å²) >= 11 is 0. The molecule has 0 saturated heterocycles. The molecule has 0 aliphatic heterocycles. The molecule has 31 heavy (non-hydrogen) atoms. The topological polar surface area (TPSA) is 100 Å². The van der Waals surface area contributed by atoms with Gasteiger partial charge in [-0.2, -0.15) is 0 Å². The maximum Gasteiger partial charge on any atom is 0.308 e. The minimum Gasteiger partial charge on any atom is -0.493 e.